The number of halogens is 1. The van der Waals surface area contributed by atoms with Crippen molar-refractivity contribution in [2.24, 2.45) is 0 Å². The van der Waals surface area contributed by atoms with E-state index in [4.69, 9.17) is 11.6 Å². The van der Waals surface area contributed by atoms with Crippen molar-refractivity contribution in [2.45, 2.75) is 55.1 Å². The highest BCUT2D eigenvalue weighted by Crippen LogP contribution is 2.25. The van der Waals surface area contributed by atoms with E-state index < -0.39 is 16.1 Å². The van der Waals surface area contributed by atoms with Gasteiger partial charge in [0.15, 0.2) is 0 Å². The third-order valence-electron chi connectivity index (χ3n) is 8.73. The highest BCUT2D eigenvalue weighted by Gasteiger charge is 2.37. The number of rotatable bonds is 8. The third-order valence-corrected chi connectivity index (χ3v) is 10.4. The third kappa shape index (κ3) is 6.66. The molecule has 0 aliphatic carbocycles. The van der Waals surface area contributed by atoms with Gasteiger partial charge in [-0.3, -0.25) is 14.5 Å². The molecule has 1 unspecified atom stereocenters. The van der Waals surface area contributed by atoms with Gasteiger partial charge in [0.05, 0.1) is 11.4 Å². The number of sulfonamides is 1. The van der Waals surface area contributed by atoms with E-state index in [-0.39, 0.29) is 41.4 Å². The van der Waals surface area contributed by atoms with E-state index in [1.807, 2.05) is 11.0 Å². The summed E-state index contributed by atoms with van der Waals surface area (Å²) in [4.78, 5) is 46.2. The van der Waals surface area contributed by atoms with E-state index in [0.717, 1.165) is 44.3 Å². The van der Waals surface area contributed by atoms with E-state index in [2.05, 4.69) is 14.9 Å². The molecule has 0 aromatic heterocycles. The molecule has 2 aromatic carbocycles. The summed E-state index contributed by atoms with van der Waals surface area (Å²) in [5.41, 5.74) is 0. The molecule has 0 spiro atoms. The molecular formula is C29H39ClN6O5S. The summed E-state index contributed by atoms with van der Waals surface area (Å²) in [6.07, 6.45) is 3.65. The minimum Gasteiger partial charge on any atom is -0.341 e. The number of likely N-dealkylation sites (N-methyl/N-ethyl adjacent to an activating group) is 1. The van der Waals surface area contributed by atoms with Gasteiger partial charge < -0.3 is 20.0 Å². The van der Waals surface area contributed by atoms with Crippen LogP contribution in [0.1, 0.15) is 32.1 Å². The summed E-state index contributed by atoms with van der Waals surface area (Å²) in [5.74, 6) is -0.489. The monoisotopic (exact) mass is 618 g/mol. The number of likely N-dealkylation sites (tertiary alicyclic amines) is 3. The molecule has 4 amide bonds. The topological polar surface area (TPSA) is 122 Å². The molecule has 42 heavy (non-hydrogen) atoms. The molecule has 11 nitrogen and oxygen atoms in total. The highest BCUT2D eigenvalue weighted by atomic mass is 35.5. The molecule has 228 valence electrons. The first-order valence-corrected chi connectivity index (χ1v) is 16.4. The van der Waals surface area contributed by atoms with Crippen LogP contribution in [0.2, 0.25) is 5.02 Å². The van der Waals surface area contributed by atoms with Gasteiger partial charge >= 0.3 is 6.03 Å². The lowest BCUT2D eigenvalue weighted by Crippen LogP contribution is -2.55. The second-order valence-corrected chi connectivity index (χ2v) is 13.6. The zero-order valence-corrected chi connectivity index (χ0v) is 25.7. The van der Waals surface area contributed by atoms with Crippen molar-refractivity contribution >= 4 is 50.2 Å². The molecule has 0 saturated carbocycles. The predicted octanol–water partition coefficient (Wildman–Crippen LogP) is 2.10. The summed E-state index contributed by atoms with van der Waals surface area (Å²) in [6, 6.07) is 9.19. The summed E-state index contributed by atoms with van der Waals surface area (Å²) in [7, 11) is -0.546. The molecule has 5 rings (SSSR count). The van der Waals surface area contributed by atoms with Crippen LogP contribution in [0.25, 0.3) is 10.8 Å². The number of benzene rings is 2. The van der Waals surface area contributed by atoms with Crippen LogP contribution in [-0.4, -0.2) is 117 Å². The van der Waals surface area contributed by atoms with Crippen molar-refractivity contribution in [3.63, 3.8) is 0 Å². The number of nitrogens with one attached hydrogen (secondary N) is 2. The standard InChI is InChI=1S/C29H39ClN6O5S/c1-31-29(39)33(2)23-11-14-34(17-23)18-24-5-3-13-36(24)27(37)19-35-12-4-6-26(28(35)38)32-42(40,41)25-10-8-20-7-9-22(30)15-21(20)16-25/h7-10,15-16,23-24,26,32H,3-6,11-14,17-19H2,1-2H3,(H,31,39)/t23?,24-,26-/m0/s1. The second-order valence-electron chi connectivity index (χ2n) is 11.5. The molecule has 3 fully saturated rings. The van der Waals surface area contributed by atoms with Gasteiger partial charge in [-0.2, -0.15) is 4.72 Å². The average Bonchev–Trinajstić information content (AvgIpc) is 3.64. The number of hydrogen-bond acceptors (Lipinski definition) is 6. The average molecular weight is 619 g/mol. The summed E-state index contributed by atoms with van der Waals surface area (Å²) in [6.45, 7) is 3.35. The minimum atomic E-state index is -3.97. The fourth-order valence-corrected chi connectivity index (χ4v) is 7.81. The number of hydrogen-bond donors (Lipinski definition) is 2. The van der Waals surface area contributed by atoms with Gasteiger partial charge in [0.1, 0.15) is 6.04 Å². The minimum absolute atomic E-state index is 0.0529. The number of carbonyl (C=O) groups excluding carboxylic acids is 3. The normalized spacial score (nSPS) is 23.5. The van der Waals surface area contributed by atoms with Crippen molar-refractivity contribution in [3.05, 3.63) is 41.4 Å². The molecule has 3 aliphatic rings. The maximum atomic E-state index is 13.4. The Labute approximate surface area is 252 Å². The molecule has 2 N–H and O–H groups in total. The van der Waals surface area contributed by atoms with Gasteiger partial charge in [0, 0.05) is 63.9 Å². The Kier molecular flexibility index (Phi) is 9.26. The van der Waals surface area contributed by atoms with Gasteiger partial charge in [-0.05, 0) is 67.1 Å². The van der Waals surface area contributed by atoms with Gasteiger partial charge in [0.25, 0.3) is 0 Å². The molecule has 0 radical (unpaired) electrons. The Bertz CT molecular complexity index is 1460. The van der Waals surface area contributed by atoms with Crippen molar-refractivity contribution in [1.82, 2.24) is 29.6 Å². The number of piperidine rings is 1. The Balaban J connectivity index is 1.18. The Hall–Kier alpha value is -2.93. The molecule has 3 heterocycles. The van der Waals surface area contributed by atoms with E-state index in [0.29, 0.717) is 36.3 Å². The van der Waals surface area contributed by atoms with Crippen LogP contribution >= 0.6 is 11.6 Å². The Morgan fingerprint density at radius 1 is 1.02 bits per heavy atom. The Morgan fingerprint density at radius 2 is 1.79 bits per heavy atom. The number of urea groups is 1. The summed E-state index contributed by atoms with van der Waals surface area (Å²) in [5, 5.41) is 4.72. The lowest BCUT2D eigenvalue weighted by atomic mass is 10.1. The van der Waals surface area contributed by atoms with Crippen LogP contribution in [0.4, 0.5) is 4.79 Å². The maximum Gasteiger partial charge on any atom is 0.317 e. The summed E-state index contributed by atoms with van der Waals surface area (Å²) >= 11 is 6.08. The number of fused-ring (bicyclic) bond motifs is 1. The van der Waals surface area contributed by atoms with Crippen LogP contribution in [0.15, 0.2) is 41.3 Å². The zero-order chi connectivity index (χ0) is 30.0. The van der Waals surface area contributed by atoms with Crippen LogP contribution in [0, 0.1) is 0 Å². The largest absolute Gasteiger partial charge is 0.341 e. The first-order chi connectivity index (χ1) is 20.1. The number of carbonyl (C=O) groups is 3. The first kappa shape index (κ1) is 30.5. The Morgan fingerprint density at radius 3 is 2.57 bits per heavy atom. The van der Waals surface area contributed by atoms with Crippen molar-refractivity contribution in [3.8, 4) is 0 Å². The smallest absolute Gasteiger partial charge is 0.317 e. The number of amides is 4. The van der Waals surface area contributed by atoms with E-state index in [9.17, 15) is 22.8 Å². The summed E-state index contributed by atoms with van der Waals surface area (Å²) < 4.78 is 29.0. The molecule has 3 aliphatic heterocycles. The SMILES string of the molecule is CNC(=O)N(C)C1CCN(C[C@@H]2CCCN2C(=O)CN2CCC[C@H](NS(=O)(=O)c3ccc4ccc(Cl)cc4c3)C2=O)C1. The van der Waals surface area contributed by atoms with E-state index >= 15 is 0 Å². The highest BCUT2D eigenvalue weighted by molar-refractivity contribution is 7.89. The fourth-order valence-electron chi connectivity index (χ4n) is 6.37. The zero-order valence-electron chi connectivity index (χ0n) is 24.1. The van der Waals surface area contributed by atoms with Crippen LogP contribution in [0.3, 0.4) is 0 Å². The van der Waals surface area contributed by atoms with Crippen molar-refractivity contribution in [1.29, 1.82) is 0 Å². The first-order valence-electron chi connectivity index (χ1n) is 14.5. The lowest BCUT2D eigenvalue weighted by molar-refractivity contribution is -0.143. The van der Waals surface area contributed by atoms with Gasteiger partial charge in [0.2, 0.25) is 21.8 Å². The second kappa shape index (κ2) is 12.7. The van der Waals surface area contributed by atoms with Gasteiger partial charge in [-0.15, -0.1) is 0 Å². The van der Waals surface area contributed by atoms with Crippen molar-refractivity contribution < 1.29 is 22.8 Å². The van der Waals surface area contributed by atoms with Gasteiger partial charge in [-0.25, -0.2) is 13.2 Å². The van der Waals surface area contributed by atoms with Crippen LogP contribution in [-0.2, 0) is 19.6 Å². The van der Waals surface area contributed by atoms with Crippen LogP contribution < -0.4 is 10.0 Å². The molecule has 3 saturated heterocycles. The predicted molar refractivity (Wildman–Crippen MR) is 161 cm³/mol. The van der Waals surface area contributed by atoms with E-state index in [1.54, 1.807) is 43.3 Å². The molecule has 3 atom stereocenters. The number of nitrogens with zero attached hydrogens (tertiary/aromatic N) is 4. The molecule has 13 heteroatoms. The molecule has 2 aromatic rings. The van der Waals surface area contributed by atoms with Gasteiger partial charge in [-0.1, -0.05) is 23.7 Å². The molecular weight excluding hydrogens is 580 g/mol. The molecule has 0 bridgehead atoms. The van der Waals surface area contributed by atoms with E-state index in [1.165, 1.54) is 11.0 Å². The van der Waals surface area contributed by atoms with Crippen molar-refractivity contribution in [2.75, 3.05) is 53.4 Å². The quantitative estimate of drug-likeness (QED) is 0.467. The lowest BCUT2D eigenvalue weighted by Gasteiger charge is -2.35. The maximum absolute atomic E-state index is 13.4. The fraction of sp³-hybridized carbons (Fsp3) is 0.552. The van der Waals surface area contributed by atoms with Crippen LogP contribution in [0.5, 0.6) is 0 Å².